The lowest BCUT2D eigenvalue weighted by Crippen LogP contribution is -2.42. The van der Waals surface area contributed by atoms with Crippen molar-refractivity contribution in [1.82, 2.24) is 10.0 Å². The second-order valence-electron chi connectivity index (χ2n) is 5.10. The highest BCUT2D eigenvalue weighted by Gasteiger charge is 2.21. The Bertz CT molecular complexity index is 807. The summed E-state index contributed by atoms with van der Waals surface area (Å²) in [4.78, 5) is 11.3. The maximum atomic E-state index is 12.4. The summed E-state index contributed by atoms with van der Waals surface area (Å²) in [6.45, 7) is 1.63. The molecule has 1 aliphatic rings. The van der Waals surface area contributed by atoms with Crippen LogP contribution >= 0.6 is 0 Å². The van der Waals surface area contributed by atoms with Crippen molar-refractivity contribution in [3.8, 4) is 0 Å². The van der Waals surface area contributed by atoms with Crippen LogP contribution in [0.1, 0.15) is 12.8 Å². The van der Waals surface area contributed by atoms with E-state index in [-0.39, 0.29) is 10.9 Å². The van der Waals surface area contributed by atoms with Gasteiger partial charge in [0.1, 0.15) is 5.58 Å². The third kappa shape index (κ3) is 3.15. The number of piperidine rings is 1. The van der Waals surface area contributed by atoms with E-state index in [4.69, 9.17) is 4.42 Å². The van der Waals surface area contributed by atoms with Crippen LogP contribution in [0.5, 0.6) is 0 Å². The molecule has 1 fully saturated rings. The fraction of sp³-hybridized carbons (Fsp3) is 0.357. The predicted octanol–water partition coefficient (Wildman–Crippen LogP) is 0.823. The molecular formula is C14H16N2O4S. The van der Waals surface area contributed by atoms with Gasteiger partial charge < -0.3 is 9.73 Å². The average molecular weight is 308 g/mol. The molecule has 0 saturated carbocycles. The summed E-state index contributed by atoms with van der Waals surface area (Å²) in [6.07, 6.45) is 1.56. The Morgan fingerprint density at radius 1 is 1.14 bits per heavy atom. The van der Waals surface area contributed by atoms with Crippen molar-refractivity contribution >= 4 is 21.0 Å². The van der Waals surface area contributed by atoms with Crippen LogP contribution in [0.3, 0.4) is 0 Å². The molecule has 6 nitrogen and oxygen atoms in total. The van der Waals surface area contributed by atoms with Crippen LogP contribution in [0.2, 0.25) is 0 Å². The second-order valence-corrected chi connectivity index (χ2v) is 6.81. The Morgan fingerprint density at radius 2 is 1.90 bits per heavy atom. The van der Waals surface area contributed by atoms with Gasteiger partial charge in [-0.2, -0.15) is 0 Å². The lowest BCUT2D eigenvalue weighted by molar-refractivity contribution is 0.427. The van der Waals surface area contributed by atoms with Crippen LogP contribution in [0.25, 0.3) is 11.0 Å². The van der Waals surface area contributed by atoms with Gasteiger partial charge in [-0.1, -0.05) is 0 Å². The van der Waals surface area contributed by atoms with Gasteiger partial charge >= 0.3 is 5.63 Å². The van der Waals surface area contributed by atoms with Crippen LogP contribution in [0.4, 0.5) is 0 Å². The molecule has 112 valence electrons. The van der Waals surface area contributed by atoms with Crippen molar-refractivity contribution in [2.75, 3.05) is 13.1 Å². The van der Waals surface area contributed by atoms with E-state index in [1.165, 1.54) is 24.3 Å². The maximum Gasteiger partial charge on any atom is 0.336 e. The lowest BCUT2D eigenvalue weighted by Gasteiger charge is -2.23. The molecule has 0 aliphatic carbocycles. The lowest BCUT2D eigenvalue weighted by atomic mass is 10.1. The zero-order valence-electron chi connectivity index (χ0n) is 11.3. The first-order chi connectivity index (χ1) is 10.0. The Labute approximate surface area is 122 Å². The minimum Gasteiger partial charge on any atom is -0.423 e. The molecule has 1 saturated heterocycles. The highest BCUT2D eigenvalue weighted by molar-refractivity contribution is 7.89. The third-order valence-electron chi connectivity index (χ3n) is 3.56. The van der Waals surface area contributed by atoms with E-state index in [1.54, 1.807) is 6.07 Å². The van der Waals surface area contributed by atoms with E-state index in [2.05, 4.69) is 10.0 Å². The first-order valence-corrected chi connectivity index (χ1v) is 8.30. The smallest absolute Gasteiger partial charge is 0.336 e. The van der Waals surface area contributed by atoms with Gasteiger partial charge in [0.15, 0.2) is 0 Å². The van der Waals surface area contributed by atoms with Crippen LogP contribution in [0, 0.1) is 0 Å². The number of benzene rings is 1. The summed E-state index contributed by atoms with van der Waals surface area (Å²) in [5.41, 5.74) is -0.0748. The molecule has 2 heterocycles. The normalized spacial score (nSPS) is 17.1. The van der Waals surface area contributed by atoms with Crippen molar-refractivity contribution < 1.29 is 12.8 Å². The molecule has 3 rings (SSSR count). The van der Waals surface area contributed by atoms with Crippen molar-refractivity contribution in [1.29, 1.82) is 0 Å². The Morgan fingerprint density at radius 3 is 2.67 bits per heavy atom. The summed E-state index contributed by atoms with van der Waals surface area (Å²) in [7, 11) is -3.56. The van der Waals surface area contributed by atoms with Crippen molar-refractivity contribution in [2.24, 2.45) is 0 Å². The molecule has 0 radical (unpaired) electrons. The van der Waals surface area contributed by atoms with Crippen molar-refractivity contribution in [3.05, 3.63) is 40.8 Å². The van der Waals surface area contributed by atoms with Crippen LogP contribution in [-0.2, 0) is 10.0 Å². The second kappa shape index (κ2) is 5.59. The van der Waals surface area contributed by atoms with Crippen LogP contribution in [-0.4, -0.2) is 27.5 Å². The SMILES string of the molecule is O=c1ccc2cc(S(=O)(=O)NC3CCNCC3)ccc2o1. The summed E-state index contributed by atoms with van der Waals surface area (Å²) >= 11 is 0. The monoisotopic (exact) mass is 308 g/mol. The molecule has 21 heavy (non-hydrogen) atoms. The minimum absolute atomic E-state index is 0.0411. The topological polar surface area (TPSA) is 88.4 Å². The average Bonchev–Trinajstić information content (AvgIpc) is 2.47. The van der Waals surface area contributed by atoms with Crippen molar-refractivity contribution in [3.63, 3.8) is 0 Å². The van der Waals surface area contributed by atoms with E-state index in [9.17, 15) is 13.2 Å². The molecular weight excluding hydrogens is 292 g/mol. The summed E-state index contributed by atoms with van der Waals surface area (Å²) in [6, 6.07) is 7.27. The van der Waals surface area contributed by atoms with Gasteiger partial charge in [-0.3, -0.25) is 0 Å². The number of nitrogens with one attached hydrogen (secondary N) is 2. The first kappa shape index (κ1) is 14.2. The van der Waals surface area contributed by atoms with Gasteiger partial charge in [0.05, 0.1) is 4.90 Å². The van der Waals surface area contributed by atoms with E-state index < -0.39 is 15.6 Å². The highest BCUT2D eigenvalue weighted by Crippen LogP contribution is 2.18. The van der Waals surface area contributed by atoms with Gasteiger partial charge in [0.2, 0.25) is 10.0 Å². The number of sulfonamides is 1. The summed E-state index contributed by atoms with van der Waals surface area (Å²) < 4.78 is 32.5. The Kier molecular flexibility index (Phi) is 3.79. The van der Waals surface area contributed by atoms with Gasteiger partial charge in [0, 0.05) is 17.5 Å². The van der Waals surface area contributed by atoms with Gasteiger partial charge in [-0.15, -0.1) is 0 Å². The molecule has 0 unspecified atom stereocenters. The van der Waals surface area contributed by atoms with Gasteiger partial charge in [-0.05, 0) is 50.2 Å². The molecule has 0 spiro atoms. The van der Waals surface area contributed by atoms with E-state index in [0.29, 0.717) is 11.0 Å². The standard InChI is InChI=1S/C14H16N2O4S/c17-14-4-1-10-9-12(2-3-13(10)20-14)21(18,19)16-11-5-7-15-8-6-11/h1-4,9,11,15-16H,5-8H2. The Balaban J connectivity index is 1.90. The number of rotatable bonds is 3. The molecule has 1 aromatic carbocycles. The number of hydrogen-bond donors (Lipinski definition) is 2. The molecule has 1 aliphatic heterocycles. The van der Waals surface area contributed by atoms with E-state index >= 15 is 0 Å². The highest BCUT2D eigenvalue weighted by atomic mass is 32.2. The van der Waals surface area contributed by atoms with Gasteiger partial charge in [-0.25, -0.2) is 17.9 Å². The minimum atomic E-state index is -3.56. The summed E-state index contributed by atoms with van der Waals surface area (Å²) in [5.74, 6) is 0. The molecule has 2 aromatic rings. The van der Waals surface area contributed by atoms with Crippen LogP contribution in [0.15, 0.2) is 44.4 Å². The van der Waals surface area contributed by atoms with E-state index in [0.717, 1.165) is 25.9 Å². The summed E-state index contributed by atoms with van der Waals surface area (Å²) in [5, 5.41) is 3.78. The third-order valence-corrected chi connectivity index (χ3v) is 5.08. The van der Waals surface area contributed by atoms with Gasteiger partial charge in [0.25, 0.3) is 0 Å². The molecule has 1 aromatic heterocycles. The maximum absolute atomic E-state index is 12.4. The Hall–Kier alpha value is -1.70. The van der Waals surface area contributed by atoms with Crippen molar-refractivity contribution in [2.45, 2.75) is 23.8 Å². The molecule has 0 atom stereocenters. The number of fused-ring (bicyclic) bond motifs is 1. The number of hydrogen-bond acceptors (Lipinski definition) is 5. The van der Waals surface area contributed by atoms with Crippen LogP contribution < -0.4 is 15.7 Å². The molecule has 2 N–H and O–H groups in total. The quantitative estimate of drug-likeness (QED) is 0.820. The van der Waals surface area contributed by atoms with E-state index in [1.807, 2.05) is 0 Å². The molecule has 0 bridgehead atoms. The fourth-order valence-electron chi connectivity index (χ4n) is 2.44. The fourth-order valence-corrected chi connectivity index (χ4v) is 3.78. The zero-order valence-corrected chi connectivity index (χ0v) is 12.2. The first-order valence-electron chi connectivity index (χ1n) is 6.81. The molecule has 7 heteroatoms. The predicted molar refractivity (Wildman–Crippen MR) is 78.7 cm³/mol. The largest absolute Gasteiger partial charge is 0.423 e. The zero-order chi connectivity index (χ0) is 14.9. The molecule has 0 amide bonds.